The lowest BCUT2D eigenvalue weighted by Gasteiger charge is -2.19. The third kappa shape index (κ3) is 7.33. The summed E-state index contributed by atoms with van der Waals surface area (Å²) in [5.41, 5.74) is 1.65. The van der Waals surface area contributed by atoms with Crippen LogP contribution >= 0.6 is 0 Å². The maximum absolute atomic E-state index is 11.0. The molecule has 0 fully saturated rings. The summed E-state index contributed by atoms with van der Waals surface area (Å²) in [6.45, 7) is 10.6. The summed E-state index contributed by atoms with van der Waals surface area (Å²) in [7, 11) is 0. The van der Waals surface area contributed by atoms with Crippen LogP contribution in [0.4, 0.5) is 4.79 Å². The Morgan fingerprint density at radius 1 is 1.54 bits per heavy atom. The SMILES string of the molecule is C=CC(C)ONC(=O)OC(C)(C)C. The van der Waals surface area contributed by atoms with Crippen molar-refractivity contribution in [2.45, 2.75) is 39.4 Å². The van der Waals surface area contributed by atoms with E-state index in [4.69, 9.17) is 9.57 Å². The molecule has 76 valence electrons. The lowest BCUT2D eigenvalue weighted by Crippen LogP contribution is -2.34. The Balaban J connectivity index is 3.70. The number of hydrogen-bond donors (Lipinski definition) is 1. The van der Waals surface area contributed by atoms with Crippen molar-refractivity contribution in [1.29, 1.82) is 0 Å². The van der Waals surface area contributed by atoms with E-state index in [0.29, 0.717) is 0 Å². The number of nitrogens with one attached hydrogen (secondary N) is 1. The highest BCUT2D eigenvalue weighted by molar-refractivity contribution is 5.66. The molecule has 0 aromatic rings. The van der Waals surface area contributed by atoms with Gasteiger partial charge in [-0.3, -0.25) is 4.84 Å². The molecule has 0 spiro atoms. The minimum absolute atomic E-state index is 0.229. The largest absolute Gasteiger partial charge is 0.442 e. The Labute approximate surface area is 78.9 Å². The van der Waals surface area contributed by atoms with Gasteiger partial charge in [0, 0.05) is 0 Å². The first kappa shape index (κ1) is 12.0. The molecule has 0 saturated heterocycles. The molecule has 1 amide bonds. The van der Waals surface area contributed by atoms with Gasteiger partial charge in [0.25, 0.3) is 0 Å². The number of carbonyl (C=O) groups is 1. The van der Waals surface area contributed by atoms with Gasteiger partial charge in [-0.15, -0.1) is 6.58 Å². The minimum Gasteiger partial charge on any atom is -0.442 e. The summed E-state index contributed by atoms with van der Waals surface area (Å²) in [6.07, 6.45) is 0.742. The molecule has 0 heterocycles. The predicted octanol–water partition coefficient (Wildman–Crippen LogP) is 2.02. The second kappa shape index (κ2) is 4.87. The van der Waals surface area contributed by atoms with E-state index in [1.165, 1.54) is 0 Å². The van der Waals surface area contributed by atoms with Gasteiger partial charge < -0.3 is 4.74 Å². The molecule has 4 nitrogen and oxygen atoms in total. The molecule has 0 rings (SSSR count). The van der Waals surface area contributed by atoms with Crippen molar-refractivity contribution < 1.29 is 14.4 Å². The Kier molecular flexibility index (Phi) is 4.48. The average molecular weight is 187 g/mol. The standard InChI is InChI=1S/C9H17NO3/c1-6-7(2)13-10-8(11)12-9(3,4)5/h6-7H,1H2,2-5H3,(H,10,11). The van der Waals surface area contributed by atoms with Crippen LogP contribution in [0.1, 0.15) is 27.7 Å². The van der Waals surface area contributed by atoms with E-state index in [2.05, 4.69) is 12.1 Å². The van der Waals surface area contributed by atoms with E-state index >= 15 is 0 Å². The molecule has 0 aliphatic rings. The molecule has 0 radical (unpaired) electrons. The van der Waals surface area contributed by atoms with E-state index in [1.54, 1.807) is 33.8 Å². The molecule has 0 bridgehead atoms. The summed E-state index contributed by atoms with van der Waals surface area (Å²) in [6, 6.07) is 0. The predicted molar refractivity (Wildman–Crippen MR) is 50.1 cm³/mol. The fourth-order valence-electron chi connectivity index (χ4n) is 0.488. The van der Waals surface area contributed by atoms with Crippen LogP contribution in [0.2, 0.25) is 0 Å². The molecule has 1 unspecified atom stereocenters. The minimum atomic E-state index is -0.596. The quantitative estimate of drug-likeness (QED) is 0.543. The summed E-state index contributed by atoms with van der Waals surface area (Å²) in [5.74, 6) is 0. The average Bonchev–Trinajstić information content (AvgIpc) is 1.97. The van der Waals surface area contributed by atoms with Crippen molar-refractivity contribution in [3.63, 3.8) is 0 Å². The number of hydrogen-bond acceptors (Lipinski definition) is 3. The van der Waals surface area contributed by atoms with Crippen molar-refractivity contribution in [3.05, 3.63) is 12.7 Å². The van der Waals surface area contributed by atoms with Crippen LogP contribution in [0.5, 0.6) is 0 Å². The van der Waals surface area contributed by atoms with Crippen LogP contribution in [-0.4, -0.2) is 17.8 Å². The maximum atomic E-state index is 11.0. The zero-order valence-electron chi connectivity index (χ0n) is 8.59. The van der Waals surface area contributed by atoms with Crippen molar-refractivity contribution in [3.8, 4) is 0 Å². The molecular formula is C9H17NO3. The molecule has 0 aromatic carbocycles. The van der Waals surface area contributed by atoms with Gasteiger partial charge in [-0.2, -0.15) is 5.48 Å². The first-order chi connectivity index (χ1) is 5.85. The maximum Gasteiger partial charge on any atom is 0.431 e. The van der Waals surface area contributed by atoms with Crippen LogP contribution in [0.25, 0.3) is 0 Å². The third-order valence-corrected chi connectivity index (χ3v) is 1.06. The molecule has 1 atom stereocenters. The lowest BCUT2D eigenvalue weighted by atomic mass is 10.2. The first-order valence-electron chi connectivity index (χ1n) is 4.12. The Morgan fingerprint density at radius 3 is 2.46 bits per heavy atom. The summed E-state index contributed by atoms with van der Waals surface area (Å²) in [4.78, 5) is 15.8. The zero-order chi connectivity index (χ0) is 10.5. The van der Waals surface area contributed by atoms with Gasteiger partial charge in [-0.1, -0.05) is 6.08 Å². The molecule has 0 saturated carbocycles. The normalized spacial score (nSPS) is 13.2. The molecular weight excluding hydrogens is 170 g/mol. The van der Waals surface area contributed by atoms with Crippen LogP contribution in [0.3, 0.4) is 0 Å². The van der Waals surface area contributed by atoms with E-state index < -0.39 is 11.7 Å². The highest BCUT2D eigenvalue weighted by Gasteiger charge is 2.16. The van der Waals surface area contributed by atoms with Gasteiger partial charge in [-0.25, -0.2) is 4.79 Å². The van der Waals surface area contributed by atoms with Gasteiger partial charge in [0.2, 0.25) is 0 Å². The fourth-order valence-corrected chi connectivity index (χ4v) is 0.488. The molecule has 0 aliphatic heterocycles. The number of ether oxygens (including phenoxy) is 1. The molecule has 0 aromatic heterocycles. The van der Waals surface area contributed by atoms with Crippen LogP contribution in [0, 0.1) is 0 Å². The summed E-state index contributed by atoms with van der Waals surface area (Å²) < 4.78 is 4.92. The third-order valence-electron chi connectivity index (χ3n) is 1.06. The number of carbonyl (C=O) groups excluding carboxylic acids is 1. The van der Waals surface area contributed by atoms with Crippen LogP contribution in [-0.2, 0) is 9.57 Å². The van der Waals surface area contributed by atoms with E-state index in [0.717, 1.165) is 0 Å². The summed E-state index contributed by atoms with van der Waals surface area (Å²) in [5, 5.41) is 0. The van der Waals surface area contributed by atoms with Gasteiger partial charge in [0.1, 0.15) is 11.7 Å². The van der Waals surface area contributed by atoms with E-state index in [9.17, 15) is 4.79 Å². The Bertz CT molecular complexity index is 184. The highest BCUT2D eigenvalue weighted by Crippen LogP contribution is 2.06. The molecule has 1 N–H and O–H groups in total. The zero-order valence-corrected chi connectivity index (χ0v) is 8.59. The lowest BCUT2D eigenvalue weighted by molar-refractivity contribution is -0.0221. The van der Waals surface area contributed by atoms with E-state index in [-0.39, 0.29) is 6.10 Å². The molecule has 13 heavy (non-hydrogen) atoms. The van der Waals surface area contributed by atoms with E-state index in [1.807, 2.05) is 0 Å². The van der Waals surface area contributed by atoms with Crippen LogP contribution < -0.4 is 5.48 Å². The fraction of sp³-hybridized carbons (Fsp3) is 0.667. The van der Waals surface area contributed by atoms with Gasteiger partial charge in [0.15, 0.2) is 0 Å². The van der Waals surface area contributed by atoms with Gasteiger partial charge in [0.05, 0.1) is 0 Å². The van der Waals surface area contributed by atoms with Crippen molar-refractivity contribution in [2.75, 3.05) is 0 Å². The smallest absolute Gasteiger partial charge is 0.431 e. The highest BCUT2D eigenvalue weighted by atomic mass is 16.7. The van der Waals surface area contributed by atoms with Crippen LogP contribution in [0.15, 0.2) is 12.7 Å². The Hall–Kier alpha value is -1.03. The van der Waals surface area contributed by atoms with Gasteiger partial charge in [-0.05, 0) is 27.7 Å². The molecule has 4 heteroatoms. The first-order valence-corrected chi connectivity index (χ1v) is 4.12. The second-order valence-electron chi connectivity index (χ2n) is 3.66. The van der Waals surface area contributed by atoms with Gasteiger partial charge >= 0.3 is 6.09 Å². The monoisotopic (exact) mass is 187 g/mol. The van der Waals surface area contributed by atoms with Crippen molar-refractivity contribution in [2.24, 2.45) is 0 Å². The van der Waals surface area contributed by atoms with Crippen molar-refractivity contribution in [1.82, 2.24) is 5.48 Å². The van der Waals surface area contributed by atoms with Crippen molar-refractivity contribution >= 4 is 6.09 Å². The molecule has 0 aliphatic carbocycles. The summed E-state index contributed by atoms with van der Waals surface area (Å²) >= 11 is 0. The number of hydroxylamine groups is 1. The Morgan fingerprint density at radius 2 is 2.08 bits per heavy atom. The number of amides is 1. The topological polar surface area (TPSA) is 47.6 Å². The second-order valence-corrected chi connectivity index (χ2v) is 3.66. The number of rotatable bonds is 3.